The fourth-order valence-electron chi connectivity index (χ4n) is 4.61. The zero-order valence-corrected chi connectivity index (χ0v) is 22.7. The monoisotopic (exact) mass is 528 g/mol. The van der Waals surface area contributed by atoms with E-state index in [1.165, 1.54) is 0 Å². The Hall–Kier alpha value is -4.53. The maximum Gasteiger partial charge on any atom is 0.321 e. The zero-order chi connectivity index (χ0) is 27.8. The summed E-state index contributed by atoms with van der Waals surface area (Å²) in [7, 11) is 1.77. The third-order valence-corrected chi connectivity index (χ3v) is 6.61. The van der Waals surface area contributed by atoms with E-state index in [0.717, 1.165) is 22.5 Å². The van der Waals surface area contributed by atoms with E-state index in [9.17, 15) is 14.4 Å². The quantitative estimate of drug-likeness (QED) is 0.412. The molecule has 1 heterocycles. The number of carbonyl (C=O) groups is 3. The van der Waals surface area contributed by atoms with Crippen molar-refractivity contribution in [1.29, 1.82) is 0 Å². The summed E-state index contributed by atoms with van der Waals surface area (Å²) in [5, 5.41) is 8.49. The minimum Gasteiger partial charge on any atom is -0.367 e. The van der Waals surface area contributed by atoms with Gasteiger partial charge in [-0.05, 0) is 55.3 Å². The lowest BCUT2D eigenvalue weighted by Crippen LogP contribution is -2.50. The molecule has 0 unspecified atom stereocenters. The lowest BCUT2D eigenvalue weighted by atomic mass is 10.1. The minimum absolute atomic E-state index is 0.138. The van der Waals surface area contributed by atoms with Gasteiger partial charge in [0.05, 0.1) is 5.56 Å². The van der Waals surface area contributed by atoms with Crippen LogP contribution in [-0.4, -0.2) is 67.5 Å². The molecule has 5 amide bonds. The van der Waals surface area contributed by atoms with E-state index in [4.69, 9.17) is 0 Å². The minimum atomic E-state index is -0.325. The summed E-state index contributed by atoms with van der Waals surface area (Å²) in [6.45, 7) is 6.98. The lowest BCUT2D eigenvalue weighted by molar-refractivity contribution is 0.0785. The third kappa shape index (κ3) is 7.28. The number of nitrogens with one attached hydrogen (secondary N) is 3. The largest absolute Gasteiger partial charge is 0.367 e. The summed E-state index contributed by atoms with van der Waals surface area (Å²) < 4.78 is 0. The molecule has 9 nitrogen and oxygen atoms in total. The molecule has 3 aromatic carbocycles. The SMILES string of the molecule is CCNC(=O)Nc1ccc(N2CCN(C(=O)Nc3cccc(C)c3)CC2)c(C(=O)N(C)Cc2ccccc2)c1. The highest BCUT2D eigenvalue weighted by Crippen LogP contribution is 2.27. The van der Waals surface area contributed by atoms with Gasteiger partial charge in [-0.15, -0.1) is 0 Å². The first-order chi connectivity index (χ1) is 18.8. The van der Waals surface area contributed by atoms with Gasteiger partial charge in [-0.1, -0.05) is 42.5 Å². The van der Waals surface area contributed by atoms with Crippen LogP contribution >= 0.6 is 0 Å². The van der Waals surface area contributed by atoms with Gasteiger partial charge < -0.3 is 30.7 Å². The van der Waals surface area contributed by atoms with Crippen molar-refractivity contribution in [3.8, 4) is 0 Å². The standard InChI is InChI=1S/C30H36N6O3/c1-4-31-29(38)32-25-13-14-27(26(20-25)28(37)34(3)21-23-10-6-5-7-11-23)35-15-17-36(18-16-35)30(39)33-24-12-8-9-22(2)19-24/h5-14,19-20H,4,15-18,21H2,1-3H3,(H,33,39)(H2,31,32,38). The number of amides is 5. The maximum absolute atomic E-state index is 13.7. The van der Waals surface area contributed by atoms with Crippen LogP contribution in [0.1, 0.15) is 28.4 Å². The van der Waals surface area contributed by atoms with Crippen molar-refractivity contribution in [2.75, 3.05) is 55.3 Å². The van der Waals surface area contributed by atoms with Crippen molar-refractivity contribution in [1.82, 2.24) is 15.1 Å². The van der Waals surface area contributed by atoms with Gasteiger partial charge in [0.2, 0.25) is 0 Å². The van der Waals surface area contributed by atoms with Crippen molar-refractivity contribution in [2.45, 2.75) is 20.4 Å². The van der Waals surface area contributed by atoms with E-state index in [-0.39, 0.29) is 18.0 Å². The van der Waals surface area contributed by atoms with Crippen molar-refractivity contribution in [3.63, 3.8) is 0 Å². The molecule has 0 spiro atoms. The van der Waals surface area contributed by atoms with Gasteiger partial charge in [-0.3, -0.25) is 4.79 Å². The van der Waals surface area contributed by atoms with Crippen LogP contribution in [0.3, 0.4) is 0 Å². The number of hydrogen-bond acceptors (Lipinski definition) is 4. The summed E-state index contributed by atoms with van der Waals surface area (Å²) in [5.41, 5.74) is 4.70. The first-order valence-corrected chi connectivity index (χ1v) is 13.2. The van der Waals surface area contributed by atoms with E-state index in [1.807, 2.05) is 74.5 Å². The molecule has 3 N–H and O–H groups in total. The molecule has 4 rings (SSSR count). The molecule has 0 aliphatic carbocycles. The second-order valence-electron chi connectivity index (χ2n) is 9.64. The molecule has 0 radical (unpaired) electrons. The first kappa shape index (κ1) is 27.5. The number of hydrogen-bond donors (Lipinski definition) is 3. The second kappa shape index (κ2) is 12.8. The predicted molar refractivity (Wildman–Crippen MR) is 155 cm³/mol. The number of nitrogens with zero attached hydrogens (tertiary/aromatic N) is 3. The Balaban J connectivity index is 1.50. The molecule has 204 valence electrons. The average Bonchev–Trinajstić information content (AvgIpc) is 2.93. The van der Waals surface area contributed by atoms with E-state index in [2.05, 4.69) is 20.9 Å². The van der Waals surface area contributed by atoms with Gasteiger partial charge >= 0.3 is 12.1 Å². The van der Waals surface area contributed by atoms with Crippen LogP contribution in [0.5, 0.6) is 0 Å². The number of anilines is 3. The van der Waals surface area contributed by atoms with Crippen molar-refractivity contribution in [2.24, 2.45) is 0 Å². The van der Waals surface area contributed by atoms with Gasteiger partial charge in [-0.25, -0.2) is 9.59 Å². The highest BCUT2D eigenvalue weighted by molar-refractivity contribution is 6.02. The highest BCUT2D eigenvalue weighted by atomic mass is 16.2. The van der Waals surface area contributed by atoms with Crippen LogP contribution in [0, 0.1) is 6.92 Å². The second-order valence-corrected chi connectivity index (χ2v) is 9.64. The summed E-state index contributed by atoms with van der Waals surface area (Å²) in [6, 6.07) is 22.5. The summed E-state index contributed by atoms with van der Waals surface area (Å²) in [6.07, 6.45) is 0. The molecule has 1 aliphatic rings. The smallest absolute Gasteiger partial charge is 0.321 e. The number of rotatable bonds is 7. The Bertz CT molecular complexity index is 1310. The summed E-state index contributed by atoms with van der Waals surface area (Å²) in [5.74, 6) is -0.145. The molecule has 0 atom stereocenters. The average molecular weight is 529 g/mol. The Kier molecular flexibility index (Phi) is 9.04. The molecule has 39 heavy (non-hydrogen) atoms. The van der Waals surface area contributed by atoms with E-state index in [0.29, 0.717) is 50.5 Å². The Labute approximate surface area is 229 Å². The van der Waals surface area contributed by atoms with Crippen LogP contribution in [0.25, 0.3) is 0 Å². The first-order valence-electron chi connectivity index (χ1n) is 13.2. The number of piperazine rings is 1. The fourth-order valence-corrected chi connectivity index (χ4v) is 4.61. The van der Waals surface area contributed by atoms with Crippen LogP contribution in [0.2, 0.25) is 0 Å². The van der Waals surface area contributed by atoms with Crippen LogP contribution in [-0.2, 0) is 6.54 Å². The Morgan fingerprint density at radius 1 is 0.846 bits per heavy atom. The van der Waals surface area contributed by atoms with Gasteiger partial charge in [-0.2, -0.15) is 0 Å². The van der Waals surface area contributed by atoms with Gasteiger partial charge in [0, 0.05) is 63.4 Å². The zero-order valence-electron chi connectivity index (χ0n) is 22.7. The van der Waals surface area contributed by atoms with Crippen LogP contribution in [0.15, 0.2) is 72.8 Å². The van der Waals surface area contributed by atoms with E-state index >= 15 is 0 Å². The maximum atomic E-state index is 13.7. The summed E-state index contributed by atoms with van der Waals surface area (Å²) in [4.78, 5) is 44.2. The molecule has 1 saturated heterocycles. The number of benzene rings is 3. The topological polar surface area (TPSA) is 97.0 Å². The number of urea groups is 2. The molecule has 3 aromatic rings. The predicted octanol–water partition coefficient (Wildman–Crippen LogP) is 4.76. The number of carbonyl (C=O) groups excluding carboxylic acids is 3. The van der Waals surface area contributed by atoms with Gasteiger partial charge in [0.15, 0.2) is 0 Å². The molecule has 1 aliphatic heterocycles. The molecular weight excluding hydrogens is 492 g/mol. The fraction of sp³-hybridized carbons (Fsp3) is 0.300. The molecule has 0 aromatic heterocycles. The highest BCUT2D eigenvalue weighted by Gasteiger charge is 2.26. The lowest BCUT2D eigenvalue weighted by Gasteiger charge is -2.37. The van der Waals surface area contributed by atoms with Gasteiger partial charge in [0.25, 0.3) is 5.91 Å². The van der Waals surface area contributed by atoms with Crippen molar-refractivity contribution in [3.05, 3.63) is 89.5 Å². The third-order valence-electron chi connectivity index (χ3n) is 6.61. The van der Waals surface area contributed by atoms with Crippen LogP contribution < -0.4 is 20.9 Å². The normalized spacial score (nSPS) is 13.0. The number of aryl methyl sites for hydroxylation is 1. The van der Waals surface area contributed by atoms with Gasteiger partial charge in [0.1, 0.15) is 0 Å². The Morgan fingerprint density at radius 3 is 2.26 bits per heavy atom. The van der Waals surface area contributed by atoms with Crippen molar-refractivity contribution < 1.29 is 14.4 Å². The summed E-state index contributed by atoms with van der Waals surface area (Å²) >= 11 is 0. The molecule has 9 heteroatoms. The van der Waals surface area contributed by atoms with E-state index in [1.54, 1.807) is 29.0 Å². The molecule has 0 bridgehead atoms. The molecular formula is C30H36N6O3. The Morgan fingerprint density at radius 2 is 1.56 bits per heavy atom. The van der Waals surface area contributed by atoms with Crippen LogP contribution in [0.4, 0.5) is 26.7 Å². The van der Waals surface area contributed by atoms with E-state index < -0.39 is 0 Å². The molecule has 1 fully saturated rings. The molecule has 0 saturated carbocycles. The van der Waals surface area contributed by atoms with Crippen molar-refractivity contribution >= 4 is 35.0 Å².